The molecule has 23 heavy (non-hydrogen) atoms. The van der Waals surface area contributed by atoms with Gasteiger partial charge >= 0.3 is 6.18 Å². The van der Waals surface area contributed by atoms with Crippen LogP contribution >= 0.6 is 11.3 Å². The lowest BCUT2D eigenvalue weighted by Crippen LogP contribution is -2.08. The number of aromatic nitrogens is 2. The standard InChI is InChI=1S/C16H14F3N3S/c1-9-8-21-15(23-9)10(2)22-13-5-6-20-14-7-11(16(17,18)19)3-4-12(13)14/h3-8,10H,1-2H3,(H,20,22). The molecule has 0 spiro atoms. The zero-order chi connectivity index (χ0) is 16.6. The molecule has 0 aliphatic heterocycles. The van der Waals surface area contributed by atoms with Gasteiger partial charge in [-0.25, -0.2) is 4.98 Å². The average molecular weight is 337 g/mol. The predicted molar refractivity (Wildman–Crippen MR) is 85.6 cm³/mol. The van der Waals surface area contributed by atoms with Crippen LogP contribution in [0.15, 0.2) is 36.7 Å². The Morgan fingerprint density at radius 2 is 1.96 bits per heavy atom. The number of anilines is 1. The molecule has 0 aliphatic carbocycles. The molecule has 0 fully saturated rings. The molecule has 1 unspecified atom stereocenters. The number of nitrogens with zero attached hydrogens (tertiary/aromatic N) is 2. The molecule has 0 radical (unpaired) electrons. The summed E-state index contributed by atoms with van der Waals surface area (Å²) < 4.78 is 38.4. The summed E-state index contributed by atoms with van der Waals surface area (Å²) in [5, 5.41) is 4.88. The van der Waals surface area contributed by atoms with E-state index in [2.05, 4.69) is 15.3 Å². The number of halogens is 3. The Balaban J connectivity index is 1.95. The molecule has 0 bridgehead atoms. The van der Waals surface area contributed by atoms with E-state index in [0.29, 0.717) is 10.9 Å². The van der Waals surface area contributed by atoms with Crippen LogP contribution in [-0.4, -0.2) is 9.97 Å². The fourth-order valence-corrected chi connectivity index (χ4v) is 3.09. The summed E-state index contributed by atoms with van der Waals surface area (Å²) in [7, 11) is 0. The number of hydrogen-bond donors (Lipinski definition) is 1. The second kappa shape index (κ2) is 5.81. The number of fused-ring (bicyclic) bond motifs is 1. The van der Waals surface area contributed by atoms with Crippen LogP contribution in [0.5, 0.6) is 0 Å². The highest BCUT2D eigenvalue weighted by molar-refractivity contribution is 7.11. The fourth-order valence-electron chi connectivity index (χ4n) is 2.32. The van der Waals surface area contributed by atoms with Gasteiger partial charge in [-0.3, -0.25) is 4.98 Å². The van der Waals surface area contributed by atoms with Gasteiger partial charge in [-0.15, -0.1) is 11.3 Å². The number of thiazole rings is 1. The Bertz CT molecular complexity index is 842. The Morgan fingerprint density at radius 1 is 1.17 bits per heavy atom. The first-order valence-corrected chi connectivity index (χ1v) is 7.81. The predicted octanol–water partition coefficient (Wildman–Crippen LogP) is 5.19. The van der Waals surface area contributed by atoms with Gasteiger partial charge in [-0.2, -0.15) is 13.2 Å². The number of aryl methyl sites for hydroxylation is 1. The van der Waals surface area contributed by atoms with Crippen molar-refractivity contribution in [3.05, 3.63) is 52.1 Å². The summed E-state index contributed by atoms with van der Waals surface area (Å²) >= 11 is 1.59. The molecule has 3 nitrogen and oxygen atoms in total. The lowest BCUT2D eigenvalue weighted by molar-refractivity contribution is -0.137. The summed E-state index contributed by atoms with van der Waals surface area (Å²) in [5.41, 5.74) is 0.356. The number of benzene rings is 1. The molecule has 1 aromatic carbocycles. The average Bonchev–Trinajstić information content (AvgIpc) is 2.93. The molecular weight excluding hydrogens is 323 g/mol. The molecular formula is C16H14F3N3S. The Labute approximate surface area is 135 Å². The van der Waals surface area contributed by atoms with Gasteiger partial charge in [-0.05, 0) is 32.0 Å². The monoisotopic (exact) mass is 337 g/mol. The molecule has 0 saturated heterocycles. The molecule has 1 atom stereocenters. The third kappa shape index (κ3) is 3.29. The van der Waals surface area contributed by atoms with E-state index in [1.807, 2.05) is 13.8 Å². The van der Waals surface area contributed by atoms with Crippen LogP contribution in [0.4, 0.5) is 18.9 Å². The van der Waals surface area contributed by atoms with Crippen molar-refractivity contribution in [2.75, 3.05) is 5.32 Å². The Morgan fingerprint density at radius 3 is 2.61 bits per heavy atom. The van der Waals surface area contributed by atoms with Gasteiger partial charge in [0.1, 0.15) is 5.01 Å². The first kappa shape index (κ1) is 15.7. The Kier molecular flexibility index (Phi) is 3.97. The van der Waals surface area contributed by atoms with Gasteiger partial charge in [0.25, 0.3) is 0 Å². The maximum atomic E-state index is 12.8. The van der Waals surface area contributed by atoms with E-state index in [-0.39, 0.29) is 6.04 Å². The van der Waals surface area contributed by atoms with E-state index >= 15 is 0 Å². The summed E-state index contributed by atoms with van der Waals surface area (Å²) in [6.45, 7) is 3.95. The van der Waals surface area contributed by atoms with E-state index in [9.17, 15) is 13.2 Å². The third-order valence-electron chi connectivity index (χ3n) is 3.45. The summed E-state index contributed by atoms with van der Waals surface area (Å²) in [6.07, 6.45) is -1.06. The van der Waals surface area contributed by atoms with Gasteiger partial charge in [0.2, 0.25) is 0 Å². The molecule has 7 heteroatoms. The van der Waals surface area contributed by atoms with Gasteiger partial charge in [0.15, 0.2) is 0 Å². The minimum atomic E-state index is -4.37. The minimum Gasteiger partial charge on any atom is -0.375 e. The van der Waals surface area contributed by atoms with Crippen LogP contribution in [-0.2, 0) is 6.18 Å². The topological polar surface area (TPSA) is 37.8 Å². The van der Waals surface area contributed by atoms with Crippen molar-refractivity contribution in [2.24, 2.45) is 0 Å². The number of rotatable bonds is 3. The molecule has 1 N–H and O–H groups in total. The molecule has 2 heterocycles. The smallest absolute Gasteiger partial charge is 0.375 e. The van der Waals surface area contributed by atoms with E-state index in [1.54, 1.807) is 23.6 Å². The number of pyridine rings is 1. The van der Waals surface area contributed by atoms with Crippen LogP contribution in [0, 0.1) is 6.92 Å². The van der Waals surface area contributed by atoms with E-state index in [0.717, 1.165) is 27.7 Å². The summed E-state index contributed by atoms with van der Waals surface area (Å²) in [6, 6.07) is 5.31. The molecule has 3 aromatic rings. The molecule has 120 valence electrons. The van der Waals surface area contributed by atoms with Crippen molar-refractivity contribution < 1.29 is 13.2 Å². The van der Waals surface area contributed by atoms with Crippen molar-refractivity contribution in [1.29, 1.82) is 0 Å². The lowest BCUT2D eigenvalue weighted by Gasteiger charge is -2.15. The van der Waals surface area contributed by atoms with Crippen LogP contribution in [0.25, 0.3) is 10.9 Å². The highest BCUT2D eigenvalue weighted by Gasteiger charge is 2.30. The zero-order valence-electron chi connectivity index (χ0n) is 12.5. The van der Waals surface area contributed by atoms with Crippen LogP contribution < -0.4 is 5.32 Å². The maximum Gasteiger partial charge on any atom is 0.416 e. The van der Waals surface area contributed by atoms with Crippen molar-refractivity contribution >= 4 is 27.9 Å². The first-order chi connectivity index (χ1) is 10.8. The fraction of sp³-hybridized carbons (Fsp3) is 0.250. The normalized spacial score (nSPS) is 13.3. The second-order valence-electron chi connectivity index (χ2n) is 5.26. The molecule has 0 saturated carbocycles. The second-order valence-corrected chi connectivity index (χ2v) is 6.53. The highest BCUT2D eigenvalue weighted by atomic mass is 32.1. The van der Waals surface area contributed by atoms with Crippen LogP contribution in [0.1, 0.15) is 28.4 Å². The van der Waals surface area contributed by atoms with Crippen molar-refractivity contribution in [2.45, 2.75) is 26.1 Å². The van der Waals surface area contributed by atoms with E-state index in [4.69, 9.17) is 0 Å². The maximum absolute atomic E-state index is 12.8. The summed E-state index contributed by atoms with van der Waals surface area (Å²) in [4.78, 5) is 9.49. The SMILES string of the molecule is Cc1cnc(C(C)Nc2ccnc3cc(C(F)(F)F)ccc23)s1. The third-order valence-corrected chi connectivity index (χ3v) is 4.55. The molecule has 2 aromatic heterocycles. The van der Waals surface area contributed by atoms with Gasteiger partial charge in [0, 0.05) is 28.3 Å². The summed E-state index contributed by atoms with van der Waals surface area (Å²) in [5.74, 6) is 0. The van der Waals surface area contributed by atoms with Crippen LogP contribution in [0.2, 0.25) is 0 Å². The largest absolute Gasteiger partial charge is 0.416 e. The number of nitrogens with one attached hydrogen (secondary N) is 1. The quantitative estimate of drug-likeness (QED) is 0.714. The van der Waals surface area contributed by atoms with Crippen molar-refractivity contribution in [3.63, 3.8) is 0 Å². The molecule has 3 rings (SSSR count). The number of hydrogen-bond acceptors (Lipinski definition) is 4. The van der Waals surface area contributed by atoms with E-state index in [1.165, 1.54) is 12.3 Å². The minimum absolute atomic E-state index is 0.0402. The van der Waals surface area contributed by atoms with Crippen molar-refractivity contribution in [3.8, 4) is 0 Å². The van der Waals surface area contributed by atoms with E-state index < -0.39 is 11.7 Å². The van der Waals surface area contributed by atoms with Gasteiger partial charge in [0.05, 0.1) is 17.1 Å². The molecule has 0 aliphatic rings. The van der Waals surface area contributed by atoms with Gasteiger partial charge < -0.3 is 5.32 Å². The Hall–Kier alpha value is -2.15. The first-order valence-electron chi connectivity index (χ1n) is 6.99. The number of alkyl halides is 3. The lowest BCUT2D eigenvalue weighted by atomic mass is 10.1. The molecule has 0 amide bonds. The highest BCUT2D eigenvalue weighted by Crippen LogP contribution is 2.33. The van der Waals surface area contributed by atoms with Crippen LogP contribution in [0.3, 0.4) is 0 Å². The zero-order valence-corrected chi connectivity index (χ0v) is 13.3. The van der Waals surface area contributed by atoms with Crippen molar-refractivity contribution in [1.82, 2.24) is 9.97 Å². The van der Waals surface area contributed by atoms with Gasteiger partial charge in [-0.1, -0.05) is 6.07 Å².